The van der Waals surface area contributed by atoms with E-state index in [4.69, 9.17) is 10.5 Å². The van der Waals surface area contributed by atoms with Gasteiger partial charge in [0.1, 0.15) is 13.3 Å². The molecule has 2 aromatic heterocycles. The van der Waals surface area contributed by atoms with Gasteiger partial charge in [-0.1, -0.05) is 18.2 Å². The lowest BCUT2D eigenvalue weighted by Crippen LogP contribution is -2.29. The van der Waals surface area contributed by atoms with Crippen LogP contribution in [0.1, 0.15) is 5.56 Å². The maximum absolute atomic E-state index is 6.36. The monoisotopic (exact) mass is 439 g/mol. The highest BCUT2D eigenvalue weighted by atomic mass is 16.5. The largest absolute Gasteiger partial charge is 0.489 e. The molecule has 8 heteroatoms. The van der Waals surface area contributed by atoms with Gasteiger partial charge in [-0.3, -0.25) is 4.99 Å². The fourth-order valence-corrected chi connectivity index (χ4v) is 3.75. The SMILES string of the molecule is N[C@H](COC1=CN(c2ccc(Nc3ncccn3)cc2)CN=C1)Cc1c[nH]c2ccccc12. The van der Waals surface area contributed by atoms with Crippen LogP contribution in [-0.4, -0.2) is 40.5 Å². The number of hydrogen-bond donors (Lipinski definition) is 3. The first-order valence-electron chi connectivity index (χ1n) is 10.8. The van der Waals surface area contributed by atoms with E-state index in [0.29, 0.717) is 25.0 Å². The first-order valence-corrected chi connectivity index (χ1v) is 10.8. The number of para-hydroxylation sites is 1. The predicted molar refractivity (Wildman–Crippen MR) is 132 cm³/mol. The van der Waals surface area contributed by atoms with Crippen molar-refractivity contribution in [2.45, 2.75) is 12.5 Å². The number of aliphatic imine (C=N–C) groups is 1. The van der Waals surface area contributed by atoms with Crippen molar-refractivity contribution < 1.29 is 4.74 Å². The van der Waals surface area contributed by atoms with Gasteiger partial charge >= 0.3 is 0 Å². The first kappa shape index (κ1) is 20.7. The summed E-state index contributed by atoms with van der Waals surface area (Å²) in [6, 6.07) is 17.9. The number of nitrogens with one attached hydrogen (secondary N) is 2. The second kappa shape index (κ2) is 9.54. The lowest BCUT2D eigenvalue weighted by molar-refractivity contribution is 0.209. The van der Waals surface area contributed by atoms with Crippen LogP contribution >= 0.6 is 0 Å². The van der Waals surface area contributed by atoms with Gasteiger partial charge in [0.05, 0.1) is 6.21 Å². The summed E-state index contributed by atoms with van der Waals surface area (Å²) in [6.07, 6.45) is 9.86. The molecule has 166 valence electrons. The second-order valence-corrected chi connectivity index (χ2v) is 7.83. The minimum atomic E-state index is -0.126. The van der Waals surface area contributed by atoms with E-state index in [1.165, 1.54) is 10.9 Å². The quantitative estimate of drug-likeness (QED) is 0.384. The molecule has 0 amide bonds. The molecule has 0 spiro atoms. The molecule has 1 atom stereocenters. The lowest BCUT2D eigenvalue weighted by atomic mass is 10.1. The number of fused-ring (bicyclic) bond motifs is 1. The van der Waals surface area contributed by atoms with Crippen LogP contribution in [-0.2, 0) is 11.2 Å². The highest BCUT2D eigenvalue weighted by molar-refractivity contribution is 5.83. The third kappa shape index (κ3) is 5.02. The van der Waals surface area contributed by atoms with Crippen LogP contribution in [0.5, 0.6) is 0 Å². The van der Waals surface area contributed by atoms with Crippen LogP contribution < -0.4 is 16.0 Å². The summed E-state index contributed by atoms with van der Waals surface area (Å²) in [6.45, 7) is 0.938. The van der Waals surface area contributed by atoms with Gasteiger partial charge in [0.2, 0.25) is 5.95 Å². The number of nitrogens with two attached hydrogens (primary N) is 1. The van der Waals surface area contributed by atoms with Gasteiger partial charge in [0.25, 0.3) is 0 Å². The van der Waals surface area contributed by atoms with Crippen molar-refractivity contribution in [3.05, 3.63) is 90.7 Å². The predicted octanol–water partition coefficient (Wildman–Crippen LogP) is 3.98. The third-order valence-electron chi connectivity index (χ3n) is 5.38. The standard InChI is InChI=1S/C25H25N7O/c26-19(12-18-13-30-24-5-2-1-4-23(18)24)16-33-22-14-27-17-32(15-22)21-8-6-20(7-9-21)31-25-28-10-3-11-29-25/h1-11,13-15,19,30H,12,16-17,26H2,(H,28,29,31)/t19-/m0/s1. The maximum atomic E-state index is 6.36. The molecule has 0 saturated heterocycles. The van der Waals surface area contributed by atoms with E-state index < -0.39 is 0 Å². The molecule has 4 aromatic rings. The normalized spacial score (nSPS) is 14.2. The van der Waals surface area contributed by atoms with Crippen molar-refractivity contribution in [3.8, 4) is 0 Å². The van der Waals surface area contributed by atoms with Crippen molar-refractivity contribution in [1.29, 1.82) is 0 Å². The molecule has 0 aliphatic carbocycles. The number of rotatable bonds is 8. The Morgan fingerprint density at radius 2 is 1.88 bits per heavy atom. The summed E-state index contributed by atoms with van der Waals surface area (Å²) in [7, 11) is 0. The van der Waals surface area contributed by atoms with E-state index in [1.807, 2.05) is 53.7 Å². The molecule has 2 aromatic carbocycles. The average Bonchev–Trinajstić information content (AvgIpc) is 3.27. The van der Waals surface area contributed by atoms with Crippen molar-refractivity contribution in [2.75, 3.05) is 23.5 Å². The number of aromatic nitrogens is 3. The minimum Gasteiger partial charge on any atom is -0.489 e. The van der Waals surface area contributed by atoms with Gasteiger partial charge in [-0.05, 0) is 48.4 Å². The number of nitrogens with zero attached hydrogens (tertiary/aromatic N) is 4. The molecule has 0 fully saturated rings. The Labute approximate surface area is 191 Å². The number of ether oxygens (including phenoxy) is 1. The van der Waals surface area contributed by atoms with E-state index in [-0.39, 0.29) is 6.04 Å². The van der Waals surface area contributed by atoms with Crippen LogP contribution in [0.25, 0.3) is 10.9 Å². The highest BCUT2D eigenvalue weighted by Crippen LogP contribution is 2.22. The molecule has 5 rings (SSSR count). The van der Waals surface area contributed by atoms with Crippen LogP contribution in [0.15, 0.2) is 90.1 Å². The zero-order chi connectivity index (χ0) is 22.5. The molecule has 0 unspecified atom stereocenters. The molecule has 8 nitrogen and oxygen atoms in total. The molecule has 0 radical (unpaired) electrons. The number of hydrogen-bond acceptors (Lipinski definition) is 7. The molecule has 3 heterocycles. The van der Waals surface area contributed by atoms with Gasteiger partial charge in [-0.25, -0.2) is 9.97 Å². The Kier molecular flexibility index (Phi) is 5.99. The summed E-state index contributed by atoms with van der Waals surface area (Å²) in [4.78, 5) is 18.1. The molecule has 4 N–H and O–H groups in total. The number of aromatic amines is 1. The van der Waals surface area contributed by atoms with Crippen LogP contribution in [0.3, 0.4) is 0 Å². The molecule has 0 saturated carbocycles. The Bertz CT molecular complexity index is 1260. The van der Waals surface area contributed by atoms with Gasteiger partial charge < -0.3 is 25.7 Å². The molecular weight excluding hydrogens is 414 g/mol. The lowest BCUT2D eigenvalue weighted by Gasteiger charge is -2.23. The fourth-order valence-electron chi connectivity index (χ4n) is 3.75. The van der Waals surface area contributed by atoms with Gasteiger partial charge in [0.15, 0.2) is 5.76 Å². The fraction of sp³-hybridized carbons (Fsp3) is 0.160. The van der Waals surface area contributed by atoms with Gasteiger partial charge in [0, 0.05) is 53.1 Å². The minimum absolute atomic E-state index is 0.126. The van der Waals surface area contributed by atoms with E-state index in [2.05, 4.69) is 37.4 Å². The van der Waals surface area contributed by atoms with Crippen LogP contribution in [0, 0.1) is 0 Å². The van der Waals surface area contributed by atoms with E-state index in [1.54, 1.807) is 24.7 Å². The number of H-pyrrole nitrogens is 1. The van der Waals surface area contributed by atoms with Crippen LogP contribution in [0.4, 0.5) is 17.3 Å². The second-order valence-electron chi connectivity index (χ2n) is 7.83. The van der Waals surface area contributed by atoms with Gasteiger partial charge in [-0.2, -0.15) is 0 Å². The Morgan fingerprint density at radius 1 is 1.06 bits per heavy atom. The number of benzene rings is 2. The first-order chi connectivity index (χ1) is 16.2. The topological polar surface area (TPSA) is 104 Å². The Balaban J connectivity index is 1.18. The van der Waals surface area contributed by atoms with E-state index >= 15 is 0 Å². The third-order valence-corrected chi connectivity index (χ3v) is 5.38. The summed E-state index contributed by atoms with van der Waals surface area (Å²) >= 11 is 0. The number of anilines is 3. The van der Waals surface area contributed by atoms with Crippen LogP contribution in [0.2, 0.25) is 0 Å². The maximum Gasteiger partial charge on any atom is 0.227 e. The summed E-state index contributed by atoms with van der Waals surface area (Å²) in [5, 5.41) is 4.38. The van der Waals surface area contributed by atoms with Crippen molar-refractivity contribution in [3.63, 3.8) is 0 Å². The highest BCUT2D eigenvalue weighted by Gasteiger charge is 2.13. The smallest absolute Gasteiger partial charge is 0.227 e. The Morgan fingerprint density at radius 3 is 2.73 bits per heavy atom. The molecular formula is C25H25N7O. The molecule has 0 bridgehead atoms. The summed E-state index contributed by atoms with van der Waals surface area (Å²) in [5.74, 6) is 1.25. The molecule has 1 aliphatic heterocycles. The van der Waals surface area contributed by atoms with Crippen molar-refractivity contribution >= 4 is 34.4 Å². The average molecular weight is 440 g/mol. The van der Waals surface area contributed by atoms with E-state index in [9.17, 15) is 0 Å². The summed E-state index contributed by atoms with van der Waals surface area (Å²) in [5.41, 5.74) is 10.6. The van der Waals surface area contributed by atoms with E-state index in [0.717, 1.165) is 23.3 Å². The summed E-state index contributed by atoms with van der Waals surface area (Å²) < 4.78 is 5.97. The van der Waals surface area contributed by atoms with Crippen molar-refractivity contribution in [2.24, 2.45) is 10.7 Å². The molecule has 33 heavy (non-hydrogen) atoms. The number of allylic oxidation sites excluding steroid dienone is 1. The zero-order valence-corrected chi connectivity index (χ0v) is 18.1. The molecule has 1 aliphatic rings. The van der Waals surface area contributed by atoms with Gasteiger partial charge in [-0.15, -0.1) is 0 Å². The Hall–Kier alpha value is -4.17. The zero-order valence-electron chi connectivity index (χ0n) is 18.1. The van der Waals surface area contributed by atoms with Crippen molar-refractivity contribution in [1.82, 2.24) is 15.0 Å².